The molecule has 0 saturated heterocycles. The number of aryl methyl sites for hydroxylation is 1. The normalized spacial score (nSPS) is 10.2. The first kappa shape index (κ1) is 21.1. The van der Waals surface area contributed by atoms with Gasteiger partial charge in [0.1, 0.15) is 6.54 Å². The molecule has 0 unspecified atom stereocenters. The second kappa shape index (κ2) is 9.64. The van der Waals surface area contributed by atoms with Crippen LogP contribution in [0.3, 0.4) is 0 Å². The Morgan fingerprint density at radius 3 is 2.04 bits per heavy atom. The van der Waals surface area contributed by atoms with E-state index in [1.54, 1.807) is 12.1 Å². The third-order valence-electron chi connectivity index (χ3n) is 4.37. The zero-order chi connectivity index (χ0) is 20.7. The molecule has 0 N–H and O–H groups in total. The van der Waals surface area contributed by atoms with E-state index in [1.807, 2.05) is 31.2 Å². The van der Waals surface area contributed by atoms with Gasteiger partial charge in [0.2, 0.25) is 5.75 Å². The van der Waals surface area contributed by atoms with Crippen LogP contribution in [0.2, 0.25) is 0 Å². The lowest BCUT2D eigenvalue weighted by Crippen LogP contribution is -2.36. The number of rotatable bonds is 8. The second-order valence-electron chi connectivity index (χ2n) is 6.08. The molecule has 0 aliphatic rings. The Balaban J connectivity index is 2.44. The summed E-state index contributed by atoms with van der Waals surface area (Å²) in [6.07, 6.45) is 0. The number of methoxy groups -OCH3 is 4. The first-order valence-electron chi connectivity index (χ1n) is 8.65. The van der Waals surface area contributed by atoms with Gasteiger partial charge in [-0.25, -0.2) is 0 Å². The zero-order valence-electron chi connectivity index (χ0n) is 16.8. The maximum absolute atomic E-state index is 13.2. The highest BCUT2D eigenvalue weighted by Gasteiger charge is 2.23. The number of carbonyl (C=O) groups is 2. The molecule has 2 aromatic rings. The minimum atomic E-state index is -0.505. The number of esters is 1. The molecule has 0 heterocycles. The van der Waals surface area contributed by atoms with Crippen LogP contribution < -0.4 is 14.2 Å². The van der Waals surface area contributed by atoms with E-state index in [1.165, 1.54) is 33.3 Å². The van der Waals surface area contributed by atoms with Crippen molar-refractivity contribution >= 4 is 11.9 Å². The number of ether oxygens (including phenoxy) is 4. The van der Waals surface area contributed by atoms with Crippen molar-refractivity contribution in [2.24, 2.45) is 0 Å². The summed E-state index contributed by atoms with van der Waals surface area (Å²) >= 11 is 0. The van der Waals surface area contributed by atoms with Crippen LogP contribution in [0.5, 0.6) is 17.2 Å². The summed E-state index contributed by atoms with van der Waals surface area (Å²) in [4.78, 5) is 26.5. The Labute approximate surface area is 164 Å². The largest absolute Gasteiger partial charge is 0.493 e. The summed E-state index contributed by atoms with van der Waals surface area (Å²) in [5.41, 5.74) is 2.27. The summed E-state index contributed by atoms with van der Waals surface area (Å²) in [6, 6.07) is 10.8. The molecule has 0 spiro atoms. The number of carbonyl (C=O) groups excluding carboxylic acids is 2. The van der Waals surface area contributed by atoms with E-state index in [2.05, 4.69) is 0 Å². The minimum Gasteiger partial charge on any atom is -0.493 e. The SMILES string of the molecule is COC(=O)CN(Cc1ccccc1C)C(=O)c1cc(OC)c(OC)c(OC)c1. The van der Waals surface area contributed by atoms with Gasteiger partial charge in [0.25, 0.3) is 5.91 Å². The standard InChI is InChI=1S/C21H25NO6/c1-14-8-6-7-9-15(14)12-22(13-19(23)27-4)21(24)16-10-17(25-2)20(28-5)18(11-16)26-3/h6-11H,12-13H2,1-5H3. The monoisotopic (exact) mass is 387 g/mol. The molecule has 1 amide bonds. The summed E-state index contributed by atoms with van der Waals surface area (Å²) in [5, 5.41) is 0. The van der Waals surface area contributed by atoms with Gasteiger partial charge < -0.3 is 23.8 Å². The van der Waals surface area contributed by atoms with Gasteiger partial charge in [0.05, 0.1) is 28.4 Å². The lowest BCUT2D eigenvalue weighted by Gasteiger charge is -2.23. The second-order valence-corrected chi connectivity index (χ2v) is 6.08. The molecule has 150 valence electrons. The highest BCUT2D eigenvalue weighted by atomic mass is 16.5. The highest BCUT2D eigenvalue weighted by Crippen LogP contribution is 2.38. The van der Waals surface area contributed by atoms with Crippen molar-refractivity contribution in [2.45, 2.75) is 13.5 Å². The number of hydrogen-bond acceptors (Lipinski definition) is 6. The third kappa shape index (κ3) is 4.73. The van der Waals surface area contributed by atoms with Crippen LogP contribution >= 0.6 is 0 Å². The van der Waals surface area contributed by atoms with Gasteiger partial charge >= 0.3 is 5.97 Å². The average molecular weight is 387 g/mol. The van der Waals surface area contributed by atoms with Crippen LogP contribution in [0.15, 0.2) is 36.4 Å². The lowest BCUT2D eigenvalue weighted by molar-refractivity contribution is -0.141. The quantitative estimate of drug-likeness (QED) is 0.649. The molecule has 7 heteroatoms. The fraction of sp³-hybridized carbons (Fsp3) is 0.333. The molecule has 0 aliphatic heterocycles. The van der Waals surface area contributed by atoms with Gasteiger partial charge in [-0.1, -0.05) is 24.3 Å². The van der Waals surface area contributed by atoms with Gasteiger partial charge in [-0.2, -0.15) is 0 Å². The van der Waals surface area contributed by atoms with E-state index in [0.717, 1.165) is 11.1 Å². The molecule has 28 heavy (non-hydrogen) atoms. The molecule has 2 rings (SSSR count). The summed E-state index contributed by atoms with van der Waals surface area (Å²) in [7, 11) is 5.73. The Bertz CT molecular complexity index is 824. The predicted octanol–water partition coefficient (Wildman–Crippen LogP) is 2.84. The Morgan fingerprint density at radius 1 is 0.929 bits per heavy atom. The van der Waals surface area contributed by atoms with E-state index in [9.17, 15) is 9.59 Å². The van der Waals surface area contributed by atoms with Crippen LogP contribution in [0.25, 0.3) is 0 Å². The van der Waals surface area contributed by atoms with Crippen molar-refractivity contribution in [3.8, 4) is 17.2 Å². The predicted molar refractivity (Wildman–Crippen MR) is 104 cm³/mol. The molecule has 0 radical (unpaired) electrons. The Kier molecular flexibility index (Phi) is 7.26. The van der Waals surface area contributed by atoms with Crippen LogP contribution in [0.1, 0.15) is 21.5 Å². The fourth-order valence-electron chi connectivity index (χ4n) is 2.80. The summed E-state index contributed by atoms with van der Waals surface area (Å²) in [5.74, 6) is 0.250. The van der Waals surface area contributed by atoms with E-state index in [0.29, 0.717) is 22.8 Å². The van der Waals surface area contributed by atoms with Crippen molar-refractivity contribution in [2.75, 3.05) is 35.0 Å². The van der Waals surface area contributed by atoms with Crippen molar-refractivity contribution in [1.29, 1.82) is 0 Å². The van der Waals surface area contributed by atoms with E-state index in [4.69, 9.17) is 18.9 Å². The minimum absolute atomic E-state index is 0.180. The lowest BCUT2D eigenvalue weighted by atomic mass is 10.1. The summed E-state index contributed by atoms with van der Waals surface area (Å²) < 4.78 is 20.7. The molecule has 0 bridgehead atoms. The van der Waals surface area contributed by atoms with Crippen molar-refractivity contribution in [1.82, 2.24) is 4.90 Å². The molecular weight excluding hydrogens is 362 g/mol. The Morgan fingerprint density at radius 2 is 1.54 bits per heavy atom. The Hall–Kier alpha value is -3.22. The summed E-state index contributed by atoms with van der Waals surface area (Å²) in [6.45, 7) is 2.03. The zero-order valence-corrected chi connectivity index (χ0v) is 16.8. The number of hydrogen-bond donors (Lipinski definition) is 0. The van der Waals surface area contributed by atoms with Gasteiger partial charge in [-0.05, 0) is 30.2 Å². The molecule has 7 nitrogen and oxygen atoms in total. The first-order chi connectivity index (χ1) is 13.4. The van der Waals surface area contributed by atoms with E-state index >= 15 is 0 Å². The molecular formula is C21H25NO6. The smallest absolute Gasteiger partial charge is 0.325 e. The molecule has 2 aromatic carbocycles. The van der Waals surface area contributed by atoms with Crippen LogP contribution in [-0.4, -0.2) is 51.8 Å². The average Bonchev–Trinajstić information content (AvgIpc) is 2.72. The van der Waals surface area contributed by atoms with Crippen molar-refractivity contribution < 1.29 is 28.5 Å². The third-order valence-corrected chi connectivity index (χ3v) is 4.37. The maximum atomic E-state index is 13.2. The molecule has 0 fully saturated rings. The van der Waals surface area contributed by atoms with Crippen LogP contribution in [-0.2, 0) is 16.1 Å². The maximum Gasteiger partial charge on any atom is 0.325 e. The van der Waals surface area contributed by atoms with Gasteiger partial charge in [0, 0.05) is 12.1 Å². The number of amides is 1. The molecule has 0 aliphatic carbocycles. The van der Waals surface area contributed by atoms with E-state index < -0.39 is 5.97 Å². The van der Waals surface area contributed by atoms with Gasteiger partial charge in [-0.3, -0.25) is 9.59 Å². The van der Waals surface area contributed by atoms with Crippen LogP contribution in [0, 0.1) is 6.92 Å². The fourth-order valence-corrected chi connectivity index (χ4v) is 2.80. The van der Waals surface area contributed by atoms with Gasteiger partial charge in [0.15, 0.2) is 11.5 Å². The molecule has 0 saturated carbocycles. The van der Waals surface area contributed by atoms with E-state index in [-0.39, 0.29) is 19.0 Å². The molecule has 0 atom stereocenters. The number of benzene rings is 2. The number of nitrogens with zero attached hydrogens (tertiary/aromatic N) is 1. The highest BCUT2D eigenvalue weighted by molar-refractivity contribution is 5.97. The van der Waals surface area contributed by atoms with Gasteiger partial charge in [-0.15, -0.1) is 0 Å². The van der Waals surface area contributed by atoms with Crippen LogP contribution in [0.4, 0.5) is 0 Å². The first-order valence-corrected chi connectivity index (χ1v) is 8.65. The molecule has 0 aromatic heterocycles. The van der Waals surface area contributed by atoms with Crippen molar-refractivity contribution in [3.63, 3.8) is 0 Å². The van der Waals surface area contributed by atoms with Crippen molar-refractivity contribution in [3.05, 3.63) is 53.1 Å². The topological polar surface area (TPSA) is 74.3 Å².